The first-order valence-electron chi connectivity index (χ1n) is 14.4. The third-order valence-electron chi connectivity index (χ3n) is 13.5. The molecule has 4 saturated carbocycles. The third kappa shape index (κ3) is 2.98. The molecule has 1 aliphatic heterocycles. The van der Waals surface area contributed by atoms with Gasteiger partial charge in [-0.2, -0.15) is 0 Å². The molecule has 0 bridgehead atoms. The molecule has 0 radical (unpaired) electrons. The van der Waals surface area contributed by atoms with Crippen LogP contribution in [0.4, 0.5) is 0 Å². The van der Waals surface area contributed by atoms with Gasteiger partial charge in [-0.15, -0.1) is 0 Å². The molecule has 0 amide bonds. The van der Waals surface area contributed by atoms with E-state index in [1.807, 2.05) is 0 Å². The van der Waals surface area contributed by atoms with Crippen LogP contribution in [0.5, 0.6) is 0 Å². The number of hydrogen-bond donors (Lipinski definition) is 4. The van der Waals surface area contributed by atoms with Gasteiger partial charge in [0, 0.05) is 17.6 Å². The SMILES string of the molecule is CC1(C)CC[C@]2(CO)CC[C@]3(C)[C@](O)([C@H](O)C[C@@H]4[C@@]5(C)CCCNC(C)(C)[C@@H]5CC[C@]43C)[C@@H]2C1. The molecule has 0 aromatic carbocycles. The first-order valence-corrected chi connectivity index (χ1v) is 14.4. The van der Waals surface area contributed by atoms with Crippen molar-refractivity contribution in [2.24, 2.45) is 44.8 Å². The highest BCUT2D eigenvalue weighted by Crippen LogP contribution is 2.76. The largest absolute Gasteiger partial charge is 0.396 e. The topological polar surface area (TPSA) is 72.7 Å². The fourth-order valence-electron chi connectivity index (χ4n) is 11.3. The number of hydrogen-bond acceptors (Lipinski definition) is 4. The van der Waals surface area contributed by atoms with Gasteiger partial charge in [-0.25, -0.2) is 0 Å². The fourth-order valence-corrected chi connectivity index (χ4v) is 11.3. The highest BCUT2D eigenvalue weighted by molar-refractivity contribution is 5.26. The minimum absolute atomic E-state index is 0.0180. The predicted octanol–water partition coefficient (Wildman–Crippen LogP) is 5.29. The normalized spacial score (nSPS) is 56.3. The van der Waals surface area contributed by atoms with Gasteiger partial charge in [0.2, 0.25) is 0 Å². The van der Waals surface area contributed by atoms with Crippen molar-refractivity contribution < 1.29 is 15.3 Å². The standard InChI is InChI=1S/C30H53NO3/c1-24(2)12-14-29(19-32)15-13-28(7)27(6)11-9-20-25(3,4)31-16-8-10-26(20,5)21(27)17-23(33)30(28,34)22(29)18-24/h20-23,31-34H,8-19H2,1-7H3/t20-,21+,22+,23+,26-,27+,28-,29+,30+/m0/s1. The number of aliphatic hydroxyl groups is 3. The van der Waals surface area contributed by atoms with Crippen LogP contribution in [-0.4, -0.2) is 45.7 Å². The lowest BCUT2D eigenvalue weighted by Gasteiger charge is -2.76. The Bertz CT molecular complexity index is 826. The van der Waals surface area contributed by atoms with Crippen LogP contribution in [0.2, 0.25) is 0 Å². The second kappa shape index (κ2) is 7.45. The Balaban J connectivity index is 1.63. The van der Waals surface area contributed by atoms with Crippen LogP contribution in [0.25, 0.3) is 0 Å². The summed E-state index contributed by atoms with van der Waals surface area (Å²) in [5, 5.41) is 39.5. The van der Waals surface area contributed by atoms with E-state index in [2.05, 4.69) is 53.8 Å². The zero-order chi connectivity index (χ0) is 25.0. The van der Waals surface area contributed by atoms with E-state index in [0.29, 0.717) is 18.3 Å². The van der Waals surface area contributed by atoms with Crippen LogP contribution in [0.3, 0.4) is 0 Å². The molecule has 4 heteroatoms. The molecule has 1 heterocycles. The van der Waals surface area contributed by atoms with E-state index in [1.54, 1.807) is 0 Å². The van der Waals surface area contributed by atoms with Crippen molar-refractivity contribution in [3.63, 3.8) is 0 Å². The van der Waals surface area contributed by atoms with Crippen LogP contribution in [0.1, 0.15) is 113 Å². The summed E-state index contributed by atoms with van der Waals surface area (Å²) in [7, 11) is 0. The van der Waals surface area contributed by atoms with Crippen molar-refractivity contribution in [1.29, 1.82) is 0 Å². The second-order valence-electron chi connectivity index (χ2n) is 15.7. The summed E-state index contributed by atoms with van der Waals surface area (Å²) in [5.41, 5.74) is -1.37. The van der Waals surface area contributed by atoms with Gasteiger partial charge >= 0.3 is 0 Å². The van der Waals surface area contributed by atoms with E-state index in [0.717, 1.165) is 45.1 Å². The van der Waals surface area contributed by atoms with Gasteiger partial charge in [-0.1, -0.05) is 34.6 Å². The molecule has 0 aromatic rings. The van der Waals surface area contributed by atoms with Crippen LogP contribution in [-0.2, 0) is 0 Å². The minimum Gasteiger partial charge on any atom is -0.396 e. The molecule has 5 rings (SSSR count). The number of fused-ring (bicyclic) bond motifs is 7. The van der Waals surface area contributed by atoms with Crippen molar-refractivity contribution in [1.82, 2.24) is 5.32 Å². The fraction of sp³-hybridized carbons (Fsp3) is 1.00. The Labute approximate surface area is 208 Å². The maximum Gasteiger partial charge on any atom is 0.0998 e. The Morgan fingerprint density at radius 3 is 2.18 bits per heavy atom. The van der Waals surface area contributed by atoms with E-state index < -0.39 is 11.7 Å². The maximum atomic E-state index is 12.9. The van der Waals surface area contributed by atoms with Crippen LogP contribution < -0.4 is 5.32 Å². The lowest BCUT2D eigenvalue weighted by molar-refractivity contribution is -0.342. The molecule has 5 aliphatic rings. The van der Waals surface area contributed by atoms with Crippen LogP contribution in [0.15, 0.2) is 0 Å². The van der Waals surface area contributed by atoms with Gasteiger partial charge in [-0.3, -0.25) is 0 Å². The Kier molecular flexibility index (Phi) is 5.59. The zero-order valence-electron chi connectivity index (χ0n) is 23.1. The lowest BCUT2D eigenvalue weighted by Crippen LogP contribution is -2.78. The summed E-state index contributed by atoms with van der Waals surface area (Å²) in [5.74, 6) is 0.936. The summed E-state index contributed by atoms with van der Waals surface area (Å²) in [6.45, 7) is 18.0. The van der Waals surface area contributed by atoms with Gasteiger partial charge in [0.1, 0.15) is 0 Å². The van der Waals surface area contributed by atoms with E-state index >= 15 is 0 Å². The molecule has 1 saturated heterocycles. The maximum absolute atomic E-state index is 12.9. The highest BCUT2D eigenvalue weighted by atomic mass is 16.3. The van der Waals surface area contributed by atoms with Crippen molar-refractivity contribution in [2.75, 3.05) is 13.2 Å². The molecule has 4 N–H and O–H groups in total. The van der Waals surface area contributed by atoms with Gasteiger partial charge in [0.05, 0.1) is 11.7 Å². The van der Waals surface area contributed by atoms with Crippen molar-refractivity contribution >= 4 is 0 Å². The van der Waals surface area contributed by atoms with E-state index in [9.17, 15) is 15.3 Å². The van der Waals surface area contributed by atoms with E-state index in [-0.39, 0.29) is 45.1 Å². The number of rotatable bonds is 1. The summed E-state index contributed by atoms with van der Waals surface area (Å²) in [6.07, 6.45) is 9.51. The first kappa shape index (κ1) is 25.5. The van der Waals surface area contributed by atoms with Crippen molar-refractivity contribution in [3.05, 3.63) is 0 Å². The average molecular weight is 476 g/mol. The molecule has 0 spiro atoms. The Morgan fingerprint density at radius 1 is 0.824 bits per heavy atom. The molecular weight excluding hydrogens is 422 g/mol. The average Bonchev–Trinajstić information content (AvgIpc) is 2.87. The number of nitrogens with one attached hydrogen (secondary N) is 1. The molecule has 34 heavy (non-hydrogen) atoms. The minimum atomic E-state index is -1.14. The number of aliphatic hydroxyl groups excluding tert-OH is 2. The van der Waals surface area contributed by atoms with Crippen molar-refractivity contribution in [2.45, 2.75) is 130 Å². The van der Waals surface area contributed by atoms with Gasteiger partial charge in [0.25, 0.3) is 0 Å². The summed E-state index contributed by atoms with van der Waals surface area (Å²) < 4.78 is 0. The van der Waals surface area contributed by atoms with Crippen molar-refractivity contribution in [3.8, 4) is 0 Å². The highest BCUT2D eigenvalue weighted by Gasteiger charge is 2.76. The lowest BCUT2D eigenvalue weighted by atomic mass is 9.30. The molecule has 9 atom stereocenters. The molecule has 196 valence electrons. The van der Waals surface area contributed by atoms with E-state index in [4.69, 9.17) is 0 Å². The Morgan fingerprint density at radius 2 is 1.50 bits per heavy atom. The van der Waals surface area contributed by atoms with Gasteiger partial charge in [0.15, 0.2) is 0 Å². The van der Waals surface area contributed by atoms with E-state index in [1.165, 1.54) is 19.3 Å². The molecule has 0 aromatic heterocycles. The second-order valence-corrected chi connectivity index (χ2v) is 15.7. The molecule has 5 fully saturated rings. The summed E-state index contributed by atoms with van der Waals surface area (Å²) >= 11 is 0. The Hall–Kier alpha value is -0.160. The van der Waals surface area contributed by atoms with Crippen LogP contribution >= 0.6 is 0 Å². The monoisotopic (exact) mass is 475 g/mol. The quantitative estimate of drug-likeness (QED) is 0.416. The third-order valence-corrected chi connectivity index (χ3v) is 13.5. The summed E-state index contributed by atoms with van der Waals surface area (Å²) in [4.78, 5) is 0. The molecule has 4 aliphatic carbocycles. The first-order chi connectivity index (χ1) is 15.6. The summed E-state index contributed by atoms with van der Waals surface area (Å²) in [6, 6.07) is 0. The molecular formula is C30H53NO3. The van der Waals surface area contributed by atoms with Gasteiger partial charge < -0.3 is 20.6 Å². The predicted molar refractivity (Wildman–Crippen MR) is 137 cm³/mol. The molecule has 0 unspecified atom stereocenters. The molecule has 4 nitrogen and oxygen atoms in total. The van der Waals surface area contributed by atoms with Gasteiger partial charge in [-0.05, 0) is 124 Å². The zero-order valence-corrected chi connectivity index (χ0v) is 23.1. The smallest absolute Gasteiger partial charge is 0.0998 e. The van der Waals surface area contributed by atoms with Crippen LogP contribution in [0, 0.1) is 44.8 Å².